The Bertz CT molecular complexity index is 452. The Morgan fingerprint density at radius 2 is 2.18 bits per heavy atom. The zero-order chi connectivity index (χ0) is 13.2. The van der Waals surface area contributed by atoms with E-state index in [0.717, 1.165) is 0 Å². The molecule has 0 radical (unpaired) electrons. The Hall–Kier alpha value is -1.17. The Kier molecular flexibility index (Phi) is 4.08. The minimum atomic E-state index is -4.95. The van der Waals surface area contributed by atoms with E-state index < -0.39 is 22.9 Å². The van der Waals surface area contributed by atoms with Crippen LogP contribution in [0, 0.1) is 13.8 Å². The first-order chi connectivity index (χ1) is 7.74. The smallest absolute Gasteiger partial charge is 0.388 e. The molecule has 0 bridgehead atoms. The van der Waals surface area contributed by atoms with Crippen LogP contribution in [0.5, 0.6) is 5.88 Å². The quantitative estimate of drug-likeness (QED) is 0.384. The van der Waals surface area contributed by atoms with E-state index in [1.54, 1.807) is 22.6 Å². The zero-order valence-electron chi connectivity index (χ0n) is 7.99. The summed E-state index contributed by atoms with van der Waals surface area (Å²) in [6.07, 6.45) is -4.95. The summed E-state index contributed by atoms with van der Waals surface area (Å²) in [5, 5.41) is 10.6. The van der Waals surface area contributed by atoms with Crippen molar-refractivity contribution < 1.29 is 22.8 Å². The second-order valence-corrected chi connectivity index (χ2v) is 3.78. The highest BCUT2D eigenvalue weighted by Gasteiger charge is 2.33. The van der Waals surface area contributed by atoms with Crippen molar-refractivity contribution in [2.45, 2.75) is 12.9 Å². The molecule has 0 saturated carbocycles. The van der Waals surface area contributed by atoms with Crippen LogP contribution in [0.2, 0.25) is 0 Å². The van der Waals surface area contributed by atoms with Gasteiger partial charge in [-0.3, -0.25) is 10.1 Å². The van der Waals surface area contributed by atoms with Crippen LogP contribution in [-0.4, -0.2) is 16.3 Å². The average molecular weight is 363 g/mol. The molecule has 0 aliphatic rings. The van der Waals surface area contributed by atoms with Crippen LogP contribution in [0.25, 0.3) is 0 Å². The van der Waals surface area contributed by atoms with Gasteiger partial charge in [-0.1, -0.05) is 0 Å². The molecule has 6 nitrogen and oxygen atoms in total. The molecule has 0 spiro atoms. The lowest BCUT2D eigenvalue weighted by atomic mass is 10.2. The molecule has 10 heteroatoms. The zero-order valence-corrected chi connectivity index (χ0v) is 10.2. The summed E-state index contributed by atoms with van der Waals surface area (Å²) in [4.78, 5) is 13.2. The molecule has 2 N–H and O–H groups in total. The Morgan fingerprint density at radius 1 is 1.59 bits per heavy atom. The highest BCUT2D eigenvalue weighted by molar-refractivity contribution is 14.1. The molecule has 1 rings (SSSR count). The van der Waals surface area contributed by atoms with Crippen LogP contribution in [0.1, 0.15) is 5.56 Å². The summed E-state index contributed by atoms with van der Waals surface area (Å²) < 4.78 is 39.3. The van der Waals surface area contributed by atoms with Crippen molar-refractivity contribution >= 4 is 28.3 Å². The van der Waals surface area contributed by atoms with Gasteiger partial charge in [0.1, 0.15) is 3.70 Å². The largest absolute Gasteiger partial charge is 0.574 e. The number of pyridine rings is 1. The van der Waals surface area contributed by atoms with Gasteiger partial charge in [-0.2, -0.15) is 0 Å². The Labute approximate surface area is 106 Å². The third-order valence-corrected chi connectivity index (χ3v) is 2.54. The Morgan fingerprint density at radius 3 is 2.59 bits per heavy atom. The van der Waals surface area contributed by atoms with Crippen LogP contribution in [0.3, 0.4) is 0 Å². The number of nitrogens with zero attached hydrogens (tertiary/aromatic N) is 2. The third kappa shape index (κ3) is 3.66. The van der Waals surface area contributed by atoms with Gasteiger partial charge in [-0.15, -0.1) is 13.2 Å². The summed E-state index contributed by atoms with van der Waals surface area (Å²) in [5.41, 5.74) is 4.76. The van der Waals surface area contributed by atoms with Gasteiger partial charge in [0.05, 0.1) is 16.6 Å². The van der Waals surface area contributed by atoms with Gasteiger partial charge in [0.15, 0.2) is 0 Å². The summed E-state index contributed by atoms with van der Waals surface area (Å²) in [5.74, 6) is -0.884. The van der Waals surface area contributed by atoms with Crippen molar-refractivity contribution in [3.8, 4) is 5.88 Å². The number of halogens is 4. The molecule has 0 aliphatic heterocycles. The molecule has 0 atom stereocenters. The minimum absolute atomic E-state index is 0.00134. The maximum atomic E-state index is 11.9. The average Bonchev–Trinajstić information content (AvgIpc) is 2.13. The van der Waals surface area contributed by atoms with Gasteiger partial charge in [-0.25, -0.2) is 4.98 Å². The number of hydrogen-bond donors (Lipinski definition) is 1. The van der Waals surface area contributed by atoms with Crippen molar-refractivity contribution in [3.63, 3.8) is 0 Å². The van der Waals surface area contributed by atoms with Crippen molar-refractivity contribution in [2.24, 2.45) is 5.73 Å². The van der Waals surface area contributed by atoms with Gasteiger partial charge in [0.2, 0.25) is 5.88 Å². The number of nitrogens with two attached hydrogens (primary N) is 1. The molecular weight excluding hydrogens is 358 g/mol. The maximum absolute atomic E-state index is 11.9. The lowest BCUT2D eigenvalue weighted by molar-refractivity contribution is -0.385. The number of aromatic nitrogens is 1. The van der Waals surface area contributed by atoms with E-state index in [1.165, 1.54) is 0 Å². The van der Waals surface area contributed by atoms with E-state index in [9.17, 15) is 23.3 Å². The standard InChI is InChI=1S/C7H5F3IN3O3/c8-7(9,10)17-5-1-4(14(15)16)3(2-12)6(11)13-5/h1H,2,12H2. The molecule has 1 aromatic heterocycles. The summed E-state index contributed by atoms with van der Waals surface area (Å²) in [6, 6.07) is 0.595. The van der Waals surface area contributed by atoms with E-state index in [4.69, 9.17) is 5.73 Å². The first kappa shape index (κ1) is 13.9. The van der Waals surface area contributed by atoms with E-state index in [2.05, 4.69) is 9.72 Å². The first-order valence-electron chi connectivity index (χ1n) is 4.04. The molecule has 0 aromatic carbocycles. The van der Waals surface area contributed by atoms with Crippen molar-refractivity contribution in [1.82, 2.24) is 4.98 Å². The second-order valence-electron chi connectivity index (χ2n) is 2.76. The van der Waals surface area contributed by atoms with E-state index in [1.807, 2.05) is 0 Å². The van der Waals surface area contributed by atoms with Crippen molar-refractivity contribution in [3.05, 3.63) is 25.4 Å². The molecule has 0 unspecified atom stereocenters. The molecule has 0 fully saturated rings. The van der Waals surface area contributed by atoms with E-state index in [0.29, 0.717) is 6.07 Å². The maximum Gasteiger partial charge on any atom is 0.574 e. The second kappa shape index (κ2) is 5.00. The molecular formula is C7H5F3IN3O3. The molecule has 94 valence electrons. The minimum Gasteiger partial charge on any atom is -0.388 e. The molecule has 17 heavy (non-hydrogen) atoms. The fourth-order valence-electron chi connectivity index (χ4n) is 1.03. The van der Waals surface area contributed by atoms with Gasteiger partial charge in [-0.05, 0) is 22.6 Å². The van der Waals surface area contributed by atoms with Crippen LogP contribution >= 0.6 is 22.6 Å². The van der Waals surface area contributed by atoms with Crippen LogP contribution in [0.15, 0.2) is 6.07 Å². The fourth-order valence-corrected chi connectivity index (χ4v) is 1.76. The lowest BCUT2D eigenvalue weighted by Gasteiger charge is -2.09. The van der Waals surface area contributed by atoms with Gasteiger partial charge >= 0.3 is 6.36 Å². The predicted octanol–water partition coefficient (Wildman–Crippen LogP) is 1.95. The number of nitro groups is 1. The van der Waals surface area contributed by atoms with Gasteiger partial charge in [0, 0.05) is 6.54 Å². The number of alkyl halides is 3. The summed E-state index contributed by atoms with van der Waals surface area (Å²) >= 11 is 1.55. The molecule has 0 aliphatic carbocycles. The molecule has 1 heterocycles. The highest BCUT2D eigenvalue weighted by Crippen LogP contribution is 2.29. The predicted molar refractivity (Wildman–Crippen MR) is 58.2 cm³/mol. The van der Waals surface area contributed by atoms with Crippen LogP contribution in [-0.2, 0) is 6.54 Å². The first-order valence-corrected chi connectivity index (χ1v) is 5.12. The fraction of sp³-hybridized carbons (Fsp3) is 0.286. The lowest BCUT2D eigenvalue weighted by Crippen LogP contribution is -2.19. The Balaban J connectivity index is 3.25. The highest BCUT2D eigenvalue weighted by atomic mass is 127. The number of hydrogen-bond acceptors (Lipinski definition) is 5. The van der Waals surface area contributed by atoms with Gasteiger partial charge in [0.25, 0.3) is 5.69 Å². The van der Waals surface area contributed by atoms with Crippen molar-refractivity contribution in [1.29, 1.82) is 0 Å². The molecule has 0 saturated heterocycles. The van der Waals surface area contributed by atoms with Gasteiger partial charge < -0.3 is 10.5 Å². The van der Waals surface area contributed by atoms with E-state index in [-0.39, 0.29) is 15.8 Å². The number of rotatable bonds is 3. The monoisotopic (exact) mass is 363 g/mol. The normalized spacial score (nSPS) is 11.4. The summed E-state index contributed by atoms with van der Waals surface area (Å²) in [6.45, 7) is -0.201. The van der Waals surface area contributed by atoms with Crippen LogP contribution < -0.4 is 10.5 Å². The number of ether oxygens (including phenoxy) is 1. The summed E-state index contributed by atoms with van der Waals surface area (Å²) in [7, 11) is 0. The topological polar surface area (TPSA) is 91.3 Å². The third-order valence-electron chi connectivity index (χ3n) is 1.65. The van der Waals surface area contributed by atoms with Crippen LogP contribution in [0.4, 0.5) is 18.9 Å². The van der Waals surface area contributed by atoms with Crippen molar-refractivity contribution in [2.75, 3.05) is 0 Å². The molecule has 1 aromatic rings. The SMILES string of the molecule is NCc1c([N+](=O)[O-])cc(OC(F)(F)F)nc1I. The van der Waals surface area contributed by atoms with E-state index >= 15 is 0 Å². The molecule has 0 amide bonds.